The molecule has 0 saturated carbocycles. The molecular formula is C11H13F3. The Morgan fingerprint density at radius 3 is 2.29 bits per heavy atom. The van der Waals surface area contributed by atoms with Gasteiger partial charge in [0.05, 0.1) is 0 Å². The summed E-state index contributed by atoms with van der Waals surface area (Å²) in [6, 6.07) is 0. The number of halogens is 3. The third kappa shape index (κ3) is 3.05. The molecule has 0 bridgehead atoms. The molecule has 0 amide bonds. The summed E-state index contributed by atoms with van der Waals surface area (Å²) in [7, 11) is 0. The van der Waals surface area contributed by atoms with Crippen LogP contribution in [0.4, 0.5) is 13.2 Å². The maximum atomic E-state index is 12.4. The van der Waals surface area contributed by atoms with Gasteiger partial charge < -0.3 is 0 Å². The minimum absolute atomic E-state index is 0.0790. The molecule has 0 aromatic carbocycles. The minimum atomic E-state index is -4.19. The largest absolute Gasteiger partial charge is 0.412 e. The summed E-state index contributed by atoms with van der Waals surface area (Å²) in [4.78, 5) is 0. The molecule has 1 aliphatic rings. The van der Waals surface area contributed by atoms with Crippen molar-refractivity contribution >= 4 is 0 Å². The van der Waals surface area contributed by atoms with Gasteiger partial charge >= 0.3 is 6.18 Å². The second-order valence-electron chi connectivity index (χ2n) is 3.59. The van der Waals surface area contributed by atoms with Crippen LogP contribution in [0.3, 0.4) is 0 Å². The molecule has 0 nitrogen and oxygen atoms in total. The van der Waals surface area contributed by atoms with Gasteiger partial charge in [-0.05, 0) is 26.7 Å². The van der Waals surface area contributed by atoms with E-state index in [-0.39, 0.29) is 6.42 Å². The van der Waals surface area contributed by atoms with Crippen LogP contribution >= 0.6 is 0 Å². The lowest BCUT2D eigenvalue weighted by molar-refractivity contribution is -0.0939. The minimum Gasteiger partial charge on any atom is -0.166 e. The van der Waals surface area contributed by atoms with Crippen molar-refractivity contribution in [3.63, 3.8) is 0 Å². The standard InChI is InChI=1S/C11H13F3/c1-8-3-5-10(11(12,13)14)6-4-9(2)7-8/h3,5,7H,4,6H2,1-2H3. The van der Waals surface area contributed by atoms with Crippen LogP contribution in [-0.2, 0) is 0 Å². The zero-order chi connectivity index (χ0) is 10.8. The van der Waals surface area contributed by atoms with E-state index >= 15 is 0 Å². The Bertz CT molecular complexity index is 303. The van der Waals surface area contributed by atoms with Crippen molar-refractivity contribution in [2.45, 2.75) is 32.9 Å². The van der Waals surface area contributed by atoms with E-state index < -0.39 is 11.7 Å². The maximum absolute atomic E-state index is 12.4. The van der Waals surface area contributed by atoms with E-state index in [1.807, 2.05) is 13.0 Å². The number of allylic oxidation sites excluding steroid dienone is 6. The molecule has 0 atom stereocenters. The van der Waals surface area contributed by atoms with E-state index in [4.69, 9.17) is 0 Å². The molecule has 3 heteroatoms. The van der Waals surface area contributed by atoms with Crippen molar-refractivity contribution in [3.05, 3.63) is 34.9 Å². The van der Waals surface area contributed by atoms with Crippen molar-refractivity contribution in [1.82, 2.24) is 0 Å². The van der Waals surface area contributed by atoms with Crippen molar-refractivity contribution < 1.29 is 13.2 Å². The summed E-state index contributed by atoms with van der Waals surface area (Å²) in [6.45, 7) is 3.66. The van der Waals surface area contributed by atoms with Crippen molar-refractivity contribution in [3.8, 4) is 0 Å². The SMILES string of the molecule is CC1=CC=C(C(F)(F)F)CCC(C)=C1. The normalized spacial score (nSPS) is 19.1. The zero-order valence-electron chi connectivity index (χ0n) is 8.28. The Hall–Kier alpha value is -0.990. The summed E-state index contributed by atoms with van der Waals surface area (Å²) >= 11 is 0. The number of rotatable bonds is 0. The first kappa shape index (κ1) is 11.1. The van der Waals surface area contributed by atoms with Gasteiger partial charge in [0, 0.05) is 5.57 Å². The van der Waals surface area contributed by atoms with Crippen LogP contribution in [0.15, 0.2) is 34.9 Å². The van der Waals surface area contributed by atoms with E-state index in [0.717, 1.165) is 11.1 Å². The summed E-state index contributed by atoms with van der Waals surface area (Å²) in [5, 5.41) is 0. The van der Waals surface area contributed by atoms with E-state index in [1.54, 1.807) is 6.92 Å². The molecule has 0 heterocycles. The highest BCUT2D eigenvalue weighted by atomic mass is 19.4. The van der Waals surface area contributed by atoms with Crippen molar-refractivity contribution in [1.29, 1.82) is 0 Å². The number of alkyl halides is 3. The second-order valence-corrected chi connectivity index (χ2v) is 3.59. The van der Waals surface area contributed by atoms with Crippen LogP contribution in [-0.4, -0.2) is 6.18 Å². The Morgan fingerprint density at radius 1 is 1.07 bits per heavy atom. The van der Waals surface area contributed by atoms with Gasteiger partial charge in [0.15, 0.2) is 0 Å². The first-order valence-corrected chi connectivity index (χ1v) is 4.51. The summed E-state index contributed by atoms with van der Waals surface area (Å²) < 4.78 is 37.2. The van der Waals surface area contributed by atoms with Crippen LogP contribution in [0.1, 0.15) is 26.7 Å². The van der Waals surface area contributed by atoms with Crippen LogP contribution in [0.2, 0.25) is 0 Å². The fourth-order valence-electron chi connectivity index (χ4n) is 1.39. The van der Waals surface area contributed by atoms with Gasteiger partial charge in [-0.3, -0.25) is 0 Å². The van der Waals surface area contributed by atoms with Gasteiger partial charge in [-0.25, -0.2) is 0 Å². The molecule has 0 aliphatic heterocycles. The topological polar surface area (TPSA) is 0 Å². The second kappa shape index (κ2) is 4.03. The molecule has 1 rings (SSSR count). The Kier molecular flexibility index (Phi) is 3.19. The Balaban J connectivity index is 2.94. The predicted octanol–water partition coefficient (Wildman–Crippen LogP) is 4.16. The lowest BCUT2D eigenvalue weighted by Crippen LogP contribution is -2.12. The molecule has 0 aromatic heterocycles. The van der Waals surface area contributed by atoms with E-state index in [0.29, 0.717) is 6.42 Å². The quantitative estimate of drug-likeness (QED) is 0.553. The first-order valence-electron chi connectivity index (χ1n) is 4.51. The van der Waals surface area contributed by atoms with Gasteiger partial charge in [-0.2, -0.15) is 13.2 Å². The third-order valence-electron chi connectivity index (χ3n) is 2.17. The maximum Gasteiger partial charge on any atom is 0.412 e. The highest BCUT2D eigenvalue weighted by Crippen LogP contribution is 2.31. The fraction of sp³-hybridized carbons (Fsp3) is 0.455. The van der Waals surface area contributed by atoms with Crippen LogP contribution in [0, 0.1) is 0 Å². The van der Waals surface area contributed by atoms with E-state index in [1.165, 1.54) is 12.2 Å². The Labute approximate surface area is 81.8 Å². The highest BCUT2D eigenvalue weighted by Gasteiger charge is 2.32. The van der Waals surface area contributed by atoms with Crippen LogP contribution in [0.25, 0.3) is 0 Å². The first-order chi connectivity index (χ1) is 6.39. The lowest BCUT2D eigenvalue weighted by Gasteiger charge is -2.13. The predicted molar refractivity (Wildman–Crippen MR) is 50.9 cm³/mol. The average molecular weight is 202 g/mol. The van der Waals surface area contributed by atoms with Gasteiger partial charge in [-0.15, -0.1) is 0 Å². The molecule has 0 N–H and O–H groups in total. The average Bonchev–Trinajstić information content (AvgIpc) is 1.98. The van der Waals surface area contributed by atoms with Crippen LogP contribution in [0.5, 0.6) is 0 Å². The third-order valence-corrected chi connectivity index (χ3v) is 2.17. The monoisotopic (exact) mass is 202 g/mol. The molecule has 0 spiro atoms. The Morgan fingerprint density at radius 2 is 1.71 bits per heavy atom. The molecule has 14 heavy (non-hydrogen) atoms. The van der Waals surface area contributed by atoms with Gasteiger partial charge in [0.1, 0.15) is 0 Å². The number of hydrogen-bond donors (Lipinski definition) is 0. The lowest BCUT2D eigenvalue weighted by atomic mass is 10.00. The molecule has 0 aromatic rings. The molecule has 0 saturated heterocycles. The highest BCUT2D eigenvalue weighted by molar-refractivity contribution is 5.30. The van der Waals surface area contributed by atoms with Gasteiger partial charge in [-0.1, -0.05) is 29.4 Å². The van der Waals surface area contributed by atoms with Crippen molar-refractivity contribution in [2.24, 2.45) is 0 Å². The summed E-state index contributed by atoms with van der Waals surface area (Å²) in [5.74, 6) is 0. The fourth-order valence-corrected chi connectivity index (χ4v) is 1.39. The molecule has 0 unspecified atom stereocenters. The van der Waals surface area contributed by atoms with Gasteiger partial charge in [0.2, 0.25) is 0 Å². The molecular weight excluding hydrogens is 189 g/mol. The summed E-state index contributed by atoms with van der Waals surface area (Å²) in [6.07, 6.45) is 0.994. The number of hydrogen-bond acceptors (Lipinski definition) is 0. The zero-order valence-corrected chi connectivity index (χ0v) is 8.28. The molecule has 0 fully saturated rings. The molecule has 0 radical (unpaired) electrons. The smallest absolute Gasteiger partial charge is 0.166 e. The van der Waals surface area contributed by atoms with E-state index in [2.05, 4.69) is 0 Å². The van der Waals surface area contributed by atoms with E-state index in [9.17, 15) is 13.2 Å². The molecule has 1 aliphatic carbocycles. The van der Waals surface area contributed by atoms with Gasteiger partial charge in [0.25, 0.3) is 0 Å². The summed E-state index contributed by atoms with van der Waals surface area (Å²) in [5.41, 5.74) is 1.42. The van der Waals surface area contributed by atoms with Crippen molar-refractivity contribution in [2.75, 3.05) is 0 Å². The molecule has 78 valence electrons. The van der Waals surface area contributed by atoms with Crippen LogP contribution < -0.4 is 0 Å².